The molecule has 140 valence electrons. The molecule has 0 fully saturated rings. The number of carbonyl (C=O) groups excluding carboxylic acids is 1. The van der Waals surface area contributed by atoms with E-state index in [1.807, 2.05) is 24.3 Å². The van der Waals surface area contributed by atoms with Crippen LogP contribution in [0.2, 0.25) is 0 Å². The van der Waals surface area contributed by atoms with Crippen molar-refractivity contribution in [1.82, 2.24) is 19.7 Å². The van der Waals surface area contributed by atoms with Crippen LogP contribution in [0.25, 0.3) is 22.1 Å². The van der Waals surface area contributed by atoms with Crippen molar-refractivity contribution in [2.45, 2.75) is 13.5 Å². The Bertz CT molecular complexity index is 1180. The van der Waals surface area contributed by atoms with Crippen molar-refractivity contribution in [3.05, 3.63) is 59.7 Å². The molecule has 4 aromatic rings. The van der Waals surface area contributed by atoms with Crippen molar-refractivity contribution >= 4 is 40.2 Å². The van der Waals surface area contributed by atoms with Gasteiger partial charge >= 0.3 is 5.97 Å². The van der Waals surface area contributed by atoms with Gasteiger partial charge in [0.25, 0.3) is 5.95 Å². The summed E-state index contributed by atoms with van der Waals surface area (Å²) in [5, 5.41) is 13.6. The Balaban J connectivity index is 1.57. The second kappa shape index (κ2) is 7.43. The van der Waals surface area contributed by atoms with Gasteiger partial charge in [-0.25, -0.2) is 10.2 Å². The summed E-state index contributed by atoms with van der Waals surface area (Å²) < 4.78 is 6.78. The molecule has 2 aromatic carbocycles. The summed E-state index contributed by atoms with van der Waals surface area (Å²) >= 11 is 0. The first-order valence-corrected chi connectivity index (χ1v) is 8.80. The predicted octanol–water partition coefficient (Wildman–Crippen LogP) is 3.23. The minimum absolute atomic E-state index is 0.312. The Morgan fingerprint density at radius 2 is 1.96 bits per heavy atom. The number of ether oxygens (including phenoxy) is 1. The zero-order valence-corrected chi connectivity index (χ0v) is 15.5. The lowest BCUT2D eigenvalue weighted by molar-refractivity contribution is 0.0600. The van der Waals surface area contributed by atoms with Crippen LogP contribution in [0.15, 0.2) is 53.6 Å². The fourth-order valence-electron chi connectivity index (χ4n) is 3.06. The van der Waals surface area contributed by atoms with Gasteiger partial charge in [0.15, 0.2) is 5.65 Å². The van der Waals surface area contributed by atoms with Crippen LogP contribution in [-0.4, -0.2) is 39.0 Å². The van der Waals surface area contributed by atoms with Crippen LogP contribution < -0.4 is 5.43 Å². The van der Waals surface area contributed by atoms with Gasteiger partial charge in [-0.2, -0.15) is 10.1 Å². The highest BCUT2D eigenvalue weighted by Crippen LogP contribution is 2.25. The number of anilines is 1. The van der Waals surface area contributed by atoms with Crippen LogP contribution in [0.4, 0.5) is 5.95 Å². The highest BCUT2D eigenvalue weighted by Gasteiger charge is 2.13. The average Bonchev–Trinajstić information content (AvgIpc) is 3.06. The molecule has 0 unspecified atom stereocenters. The van der Waals surface area contributed by atoms with Gasteiger partial charge in [-0.1, -0.05) is 30.3 Å². The standard InChI is InChI=1S/C20H18N6O2/c1-3-26-16-7-5-4-6-15(16)17-18(26)22-20(25-23-17)24-21-12-13-8-10-14(11-9-13)19(27)28-2/h4-12H,3H2,1-2H3,(H,22,24,25)/b21-12+. The number of hydrogen-bond acceptors (Lipinski definition) is 7. The number of aromatic nitrogens is 4. The Hall–Kier alpha value is -3.81. The summed E-state index contributed by atoms with van der Waals surface area (Å²) in [5.41, 5.74) is 6.72. The fourth-order valence-corrected chi connectivity index (χ4v) is 3.06. The zero-order chi connectivity index (χ0) is 19.5. The normalized spacial score (nSPS) is 11.4. The van der Waals surface area contributed by atoms with Crippen molar-refractivity contribution in [2.24, 2.45) is 5.10 Å². The van der Waals surface area contributed by atoms with Crippen molar-refractivity contribution in [2.75, 3.05) is 12.5 Å². The molecule has 0 saturated carbocycles. The van der Waals surface area contributed by atoms with Gasteiger partial charge in [0.2, 0.25) is 0 Å². The predicted molar refractivity (Wildman–Crippen MR) is 108 cm³/mol. The average molecular weight is 374 g/mol. The van der Waals surface area contributed by atoms with Crippen LogP contribution in [0.5, 0.6) is 0 Å². The van der Waals surface area contributed by atoms with E-state index in [1.54, 1.807) is 30.5 Å². The number of fused-ring (bicyclic) bond motifs is 3. The van der Waals surface area contributed by atoms with Crippen LogP contribution in [-0.2, 0) is 11.3 Å². The summed E-state index contributed by atoms with van der Waals surface area (Å²) in [6.07, 6.45) is 1.62. The molecule has 0 amide bonds. The van der Waals surface area contributed by atoms with Crippen molar-refractivity contribution in [3.63, 3.8) is 0 Å². The molecule has 8 nitrogen and oxygen atoms in total. The molecule has 0 spiro atoms. The highest BCUT2D eigenvalue weighted by molar-refractivity contribution is 6.04. The molecule has 1 N–H and O–H groups in total. The molecule has 4 rings (SSSR count). The van der Waals surface area contributed by atoms with Gasteiger partial charge in [0.05, 0.1) is 24.4 Å². The molecule has 0 saturated heterocycles. The molecule has 28 heavy (non-hydrogen) atoms. The van der Waals surface area contributed by atoms with E-state index in [0.29, 0.717) is 11.5 Å². The first-order valence-electron chi connectivity index (χ1n) is 8.80. The summed E-state index contributed by atoms with van der Waals surface area (Å²) in [7, 11) is 1.35. The molecule has 0 radical (unpaired) electrons. The van der Waals surface area contributed by atoms with Gasteiger partial charge in [0, 0.05) is 11.9 Å². The second-order valence-corrected chi connectivity index (χ2v) is 6.05. The number of methoxy groups -OCH3 is 1. The molecular formula is C20H18N6O2. The minimum Gasteiger partial charge on any atom is -0.465 e. The first kappa shape index (κ1) is 17.6. The number of aryl methyl sites for hydroxylation is 1. The van der Waals surface area contributed by atoms with Gasteiger partial charge in [0.1, 0.15) is 5.52 Å². The van der Waals surface area contributed by atoms with Gasteiger partial charge in [-0.3, -0.25) is 0 Å². The maximum atomic E-state index is 11.5. The topological polar surface area (TPSA) is 94.3 Å². The molecule has 0 bridgehead atoms. The maximum absolute atomic E-state index is 11.5. The second-order valence-electron chi connectivity index (χ2n) is 6.05. The lowest BCUT2D eigenvalue weighted by atomic mass is 10.1. The van der Waals surface area contributed by atoms with E-state index >= 15 is 0 Å². The smallest absolute Gasteiger partial charge is 0.337 e. The molecular weight excluding hydrogens is 356 g/mol. The molecule has 2 heterocycles. The Kier molecular flexibility index (Phi) is 4.67. The van der Waals surface area contributed by atoms with E-state index in [4.69, 9.17) is 0 Å². The quantitative estimate of drug-likeness (QED) is 0.327. The first-order chi connectivity index (χ1) is 13.7. The third-order valence-electron chi connectivity index (χ3n) is 4.40. The molecule has 0 aliphatic carbocycles. The summed E-state index contributed by atoms with van der Waals surface area (Å²) in [6.45, 7) is 2.84. The molecule has 0 aliphatic heterocycles. The number of nitrogens with one attached hydrogen (secondary N) is 1. The Morgan fingerprint density at radius 1 is 1.18 bits per heavy atom. The largest absolute Gasteiger partial charge is 0.465 e. The monoisotopic (exact) mass is 374 g/mol. The highest BCUT2D eigenvalue weighted by atomic mass is 16.5. The van der Waals surface area contributed by atoms with E-state index in [0.717, 1.165) is 34.2 Å². The summed E-state index contributed by atoms with van der Waals surface area (Å²) in [6, 6.07) is 14.9. The number of hydrogen-bond donors (Lipinski definition) is 1. The lowest BCUT2D eigenvalue weighted by Gasteiger charge is -2.02. The van der Waals surface area contributed by atoms with Gasteiger partial charge in [-0.05, 0) is 30.7 Å². The molecule has 8 heteroatoms. The number of nitrogens with zero attached hydrogens (tertiary/aromatic N) is 5. The molecule has 0 atom stereocenters. The number of carbonyl (C=O) groups is 1. The van der Waals surface area contributed by atoms with Crippen molar-refractivity contribution in [1.29, 1.82) is 0 Å². The fraction of sp³-hybridized carbons (Fsp3) is 0.150. The van der Waals surface area contributed by atoms with E-state index in [9.17, 15) is 4.79 Å². The van der Waals surface area contributed by atoms with Crippen LogP contribution >= 0.6 is 0 Å². The van der Waals surface area contributed by atoms with Crippen molar-refractivity contribution < 1.29 is 9.53 Å². The van der Waals surface area contributed by atoms with E-state index in [2.05, 4.69) is 41.9 Å². The molecule has 0 aliphatic rings. The van der Waals surface area contributed by atoms with Gasteiger partial charge < -0.3 is 9.30 Å². The number of para-hydroxylation sites is 1. The van der Waals surface area contributed by atoms with E-state index < -0.39 is 0 Å². The van der Waals surface area contributed by atoms with E-state index in [-0.39, 0.29) is 5.97 Å². The SMILES string of the molecule is CCn1c2ccccc2c2nnc(N/N=C/c3ccc(C(=O)OC)cc3)nc21. The number of benzene rings is 2. The Morgan fingerprint density at radius 3 is 2.71 bits per heavy atom. The zero-order valence-electron chi connectivity index (χ0n) is 15.5. The number of rotatable bonds is 5. The van der Waals surface area contributed by atoms with E-state index in [1.165, 1.54) is 7.11 Å². The third-order valence-corrected chi connectivity index (χ3v) is 4.40. The van der Waals surface area contributed by atoms with Crippen LogP contribution in [0.3, 0.4) is 0 Å². The molecule has 2 aromatic heterocycles. The van der Waals surface area contributed by atoms with Crippen LogP contribution in [0, 0.1) is 0 Å². The van der Waals surface area contributed by atoms with Gasteiger partial charge in [-0.15, -0.1) is 10.2 Å². The Labute approximate surface area is 160 Å². The minimum atomic E-state index is -0.374. The summed E-state index contributed by atoms with van der Waals surface area (Å²) in [4.78, 5) is 16.0. The lowest BCUT2D eigenvalue weighted by Crippen LogP contribution is -2.02. The number of esters is 1. The number of hydrazone groups is 1. The summed E-state index contributed by atoms with van der Waals surface area (Å²) in [5.74, 6) is -0.0619. The third kappa shape index (κ3) is 3.16. The van der Waals surface area contributed by atoms with Crippen LogP contribution in [0.1, 0.15) is 22.8 Å². The van der Waals surface area contributed by atoms with Crippen molar-refractivity contribution in [3.8, 4) is 0 Å². The maximum Gasteiger partial charge on any atom is 0.337 e.